The predicted molar refractivity (Wildman–Crippen MR) is 116 cm³/mol. The maximum Gasteiger partial charge on any atom is 0.240 e. The van der Waals surface area contributed by atoms with E-state index in [-0.39, 0.29) is 29.4 Å². The fourth-order valence-electron chi connectivity index (χ4n) is 3.07. The number of halogens is 1. The van der Waals surface area contributed by atoms with Crippen molar-refractivity contribution in [2.24, 2.45) is 5.73 Å². The van der Waals surface area contributed by atoms with Gasteiger partial charge in [0.2, 0.25) is 10.0 Å². The molecule has 5 nitrogen and oxygen atoms in total. The third-order valence-corrected chi connectivity index (χ3v) is 6.31. The van der Waals surface area contributed by atoms with Crippen molar-refractivity contribution in [3.8, 4) is 0 Å². The van der Waals surface area contributed by atoms with E-state index in [9.17, 15) is 8.42 Å². The molecule has 0 saturated heterocycles. The topological polar surface area (TPSA) is 85.1 Å². The van der Waals surface area contributed by atoms with Gasteiger partial charge in [0.05, 0.1) is 4.90 Å². The summed E-state index contributed by atoms with van der Waals surface area (Å²) in [6.45, 7) is 1.82. The van der Waals surface area contributed by atoms with Gasteiger partial charge in [-0.2, -0.15) is 0 Å². The summed E-state index contributed by atoms with van der Waals surface area (Å²) in [6, 6.07) is 16.4. The Balaban J connectivity index is 0.00000280. The summed E-state index contributed by atoms with van der Waals surface area (Å²) in [4.78, 5) is 4.29. The minimum Gasteiger partial charge on any atom is -0.326 e. The highest BCUT2D eigenvalue weighted by Gasteiger charge is 2.21. The van der Waals surface area contributed by atoms with E-state index in [4.69, 9.17) is 5.73 Å². The normalized spacial score (nSPS) is 13.6. The van der Waals surface area contributed by atoms with E-state index in [1.807, 2.05) is 25.1 Å². The molecule has 0 radical (unpaired) electrons. The number of aryl methyl sites for hydroxylation is 1. The number of benzene rings is 2. The average molecular weight is 420 g/mol. The lowest BCUT2D eigenvalue weighted by atomic mass is 10.0. The van der Waals surface area contributed by atoms with Crippen LogP contribution in [0, 0.1) is 0 Å². The zero-order valence-electron chi connectivity index (χ0n) is 15.8. The maximum absolute atomic E-state index is 12.7. The molecule has 150 valence electrons. The van der Waals surface area contributed by atoms with Crippen molar-refractivity contribution in [3.05, 3.63) is 72.6 Å². The highest BCUT2D eigenvalue weighted by molar-refractivity contribution is 7.89. The van der Waals surface area contributed by atoms with E-state index >= 15 is 0 Å². The number of rotatable bonds is 8. The van der Waals surface area contributed by atoms with Gasteiger partial charge in [-0.25, -0.2) is 13.1 Å². The van der Waals surface area contributed by atoms with Gasteiger partial charge >= 0.3 is 0 Å². The number of pyridine rings is 1. The van der Waals surface area contributed by atoms with E-state index in [0.29, 0.717) is 0 Å². The Morgan fingerprint density at radius 1 is 1.07 bits per heavy atom. The lowest BCUT2D eigenvalue weighted by Gasteiger charge is -2.21. The maximum atomic E-state index is 12.7. The van der Waals surface area contributed by atoms with Crippen LogP contribution in [-0.2, 0) is 16.4 Å². The minimum absolute atomic E-state index is 0. The van der Waals surface area contributed by atoms with Gasteiger partial charge in [-0.3, -0.25) is 4.98 Å². The molecule has 1 heterocycles. The Morgan fingerprint density at radius 3 is 2.57 bits per heavy atom. The van der Waals surface area contributed by atoms with Crippen molar-refractivity contribution in [3.63, 3.8) is 0 Å². The Morgan fingerprint density at radius 2 is 1.82 bits per heavy atom. The molecule has 3 rings (SSSR count). The molecule has 3 aromatic rings. The van der Waals surface area contributed by atoms with E-state index in [2.05, 4.69) is 21.8 Å². The third-order valence-electron chi connectivity index (χ3n) is 4.75. The number of hydrogen-bond acceptors (Lipinski definition) is 4. The highest BCUT2D eigenvalue weighted by Crippen LogP contribution is 2.18. The molecule has 0 fully saturated rings. The first-order valence-electron chi connectivity index (χ1n) is 9.11. The van der Waals surface area contributed by atoms with Crippen molar-refractivity contribution in [2.45, 2.75) is 43.2 Å². The van der Waals surface area contributed by atoms with Crippen LogP contribution in [0.25, 0.3) is 10.8 Å². The van der Waals surface area contributed by atoms with Crippen molar-refractivity contribution in [2.75, 3.05) is 0 Å². The van der Waals surface area contributed by atoms with Crippen LogP contribution in [0.15, 0.2) is 71.9 Å². The van der Waals surface area contributed by atoms with Crippen LogP contribution in [0.3, 0.4) is 0 Å². The van der Waals surface area contributed by atoms with E-state index in [0.717, 1.165) is 30.0 Å². The summed E-state index contributed by atoms with van der Waals surface area (Å²) in [6.07, 6.45) is 5.97. The van der Waals surface area contributed by atoms with Gasteiger partial charge in [0.1, 0.15) is 0 Å². The quantitative estimate of drug-likeness (QED) is 0.583. The van der Waals surface area contributed by atoms with E-state index in [1.165, 1.54) is 5.56 Å². The van der Waals surface area contributed by atoms with Crippen molar-refractivity contribution < 1.29 is 8.42 Å². The zero-order valence-corrected chi connectivity index (χ0v) is 17.4. The van der Waals surface area contributed by atoms with Gasteiger partial charge in [-0.05, 0) is 55.3 Å². The van der Waals surface area contributed by atoms with Gasteiger partial charge in [-0.15, -0.1) is 12.4 Å². The van der Waals surface area contributed by atoms with Crippen LogP contribution >= 0.6 is 12.4 Å². The molecule has 2 atom stereocenters. The standard InChI is InChI=1S/C21H25N3O2S.ClH/c1-16(21(22)9-5-8-17-6-3-2-4-7-17)24-27(25,26)20-11-10-19-15-23-13-12-18(19)14-20;/h2-4,6-7,10-16,21,24H,5,8-9,22H2,1H3;1H/t16-,21+;/m1./s1. The summed E-state index contributed by atoms with van der Waals surface area (Å²) in [7, 11) is -3.62. The predicted octanol–water partition coefficient (Wildman–Crippen LogP) is 3.67. The number of nitrogens with zero attached hydrogens (tertiary/aromatic N) is 1. The molecule has 0 saturated carbocycles. The zero-order chi connectivity index (χ0) is 19.3. The molecule has 0 amide bonds. The molecule has 28 heavy (non-hydrogen) atoms. The number of aromatic nitrogens is 1. The summed E-state index contributed by atoms with van der Waals surface area (Å²) in [5.74, 6) is 0. The number of nitrogens with one attached hydrogen (secondary N) is 1. The van der Waals surface area contributed by atoms with Crippen molar-refractivity contribution in [1.29, 1.82) is 0 Å². The minimum atomic E-state index is -3.62. The Kier molecular flexibility index (Phi) is 7.95. The molecular formula is C21H26ClN3O2S. The molecule has 0 spiro atoms. The molecule has 0 bridgehead atoms. The molecule has 7 heteroatoms. The van der Waals surface area contributed by atoms with Crippen LogP contribution in [0.1, 0.15) is 25.3 Å². The SMILES string of the molecule is C[C@@H](NS(=O)(=O)c1ccc2cnccc2c1)[C@@H](N)CCCc1ccccc1.Cl. The Hall–Kier alpha value is -1.99. The first-order valence-corrected chi connectivity index (χ1v) is 10.6. The molecule has 0 aliphatic carbocycles. The Bertz CT molecular complexity index is 997. The molecule has 2 aromatic carbocycles. The molecular weight excluding hydrogens is 394 g/mol. The van der Waals surface area contributed by atoms with Crippen molar-refractivity contribution >= 4 is 33.2 Å². The number of sulfonamides is 1. The summed E-state index contributed by atoms with van der Waals surface area (Å²) in [5.41, 5.74) is 7.49. The second kappa shape index (κ2) is 9.98. The lowest BCUT2D eigenvalue weighted by molar-refractivity contribution is 0.469. The van der Waals surface area contributed by atoms with Gasteiger partial charge < -0.3 is 5.73 Å². The largest absolute Gasteiger partial charge is 0.326 e. The summed E-state index contributed by atoms with van der Waals surface area (Å²) >= 11 is 0. The number of hydrogen-bond donors (Lipinski definition) is 2. The van der Waals surface area contributed by atoms with Gasteiger partial charge in [0.15, 0.2) is 0 Å². The molecule has 0 unspecified atom stereocenters. The van der Waals surface area contributed by atoms with E-state index in [1.54, 1.807) is 36.7 Å². The van der Waals surface area contributed by atoms with Crippen LogP contribution in [-0.4, -0.2) is 25.5 Å². The second-order valence-electron chi connectivity index (χ2n) is 6.84. The van der Waals surface area contributed by atoms with Gasteiger partial charge in [0, 0.05) is 29.9 Å². The van der Waals surface area contributed by atoms with Crippen LogP contribution < -0.4 is 10.5 Å². The monoisotopic (exact) mass is 419 g/mol. The van der Waals surface area contributed by atoms with Gasteiger partial charge in [-0.1, -0.05) is 36.4 Å². The highest BCUT2D eigenvalue weighted by atomic mass is 35.5. The van der Waals surface area contributed by atoms with Crippen LogP contribution in [0.5, 0.6) is 0 Å². The fourth-order valence-corrected chi connectivity index (χ4v) is 4.39. The number of nitrogens with two attached hydrogens (primary N) is 1. The Labute approximate surface area is 172 Å². The fraction of sp³-hybridized carbons (Fsp3) is 0.286. The molecule has 3 N–H and O–H groups in total. The smallest absolute Gasteiger partial charge is 0.240 e. The summed E-state index contributed by atoms with van der Waals surface area (Å²) in [5, 5.41) is 1.75. The van der Waals surface area contributed by atoms with Gasteiger partial charge in [0.25, 0.3) is 0 Å². The number of fused-ring (bicyclic) bond motifs is 1. The molecule has 0 aliphatic rings. The van der Waals surface area contributed by atoms with Crippen LogP contribution in [0.2, 0.25) is 0 Å². The van der Waals surface area contributed by atoms with E-state index < -0.39 is 10.0 Å². The first-order chi connectivity index (χ1) is 13.0. The summed E-state index contributed by atoms with van der Waals surface area (Å²) < 4.78 is 28.1. The molecule has 0 aliphatic heterocycles. The molecule has 1 aromatic heterocycles. The third kappa shape index (κ3) is 5.75. The average Bonchev–Trinajstić information content (AvgIpc) is 2.68. The first kappa shape index (κ1) is 22.3. The van der Waals surface area contributed by atoms with Crippen molar-refractivity contribution in [1.82, 2.24) is 9.71 Å². The lowest BCUT2D eigenvalue weighted by Crippen LogP contribution is -2.45. The second-order valence-corrected chi connectivity index (χ2v) is 8.55. The van der Waals surface area contributed by atoms with Crippen LogP contribution in [0.4, 0.5) is 0 Å².